The molecule has 0 aromatic rings. The van der Waals surface area contributed by atoms with E-state index < -0.39 is 5.60 Å². The van der Waals surface area contributed by atoms with E-state index in [9.17, 15) is 9.90 Å². The lowest BCUT2D eigenvalue weighted by atomic mass is 9.81. The highest BCUT2D eigenvalue weighted by Gasteiger charge is 2.41. The molecule has 0 heterocycles. The zero-order valence-electron chi connectivity index (χ0n) is 8.20. The van der Waals surface area contributed by atoms with Crippen molar-refractivity contribution in [3.05, 3.63) is 0 Å². The average molecular weight is 182 g/mol. The summed E-state index contributed by atoms with van der Waals surface area (Å²) in [5.74, 6) is 2.31. The van der Waals surface area contributed by atoms with Crippen LogP contribution in [0.1, 0.15) is 39.0 Å². The van der Waals surface area contributed by atoms with Crippen molar-refractivity contribution in [3.63, 3.8) is 0 Å². The van der Waals surface area contributed by atoms with Crippen LogP contribution in [0.5, 0.6) is 0 Å². The molecule has 2 nitrogen and oxygen atoms in total. The number of fused-ring (bicyclic) bond motifs is 2. The normalized spacial score (nSPS) is 41.8. The number of rotatable bonds is 3. The van der Waals surface area contributed by atoms with Crippen molar-refractivity contribution in [2.45, 2.75) is 44.6 Å². The van der Waals surface area contributed by atoms with E-state index >= 15 is 0 Å². The minimum Gasteiger partial charge on any atom is -0.383 e. The van der Waals surface area contributed by atoms with Crippen molar-refractivity contribution in [1.29, 1.82) is 0 Å². The lowest BCUT2D eigenvalue weighted by Gasteiger charge is -2.26. The smallest absolute Gasteiger partial charge is 0.151 e. The second-order valence-electron chi connectivity index (χ2n) is 5.11. The summed E-state index contributed by atoms with van der Waals surface area (Å²) < 4.78 is 0. The molecule has 0 aromatic carbocycles. The number of hydrogen-bond acceptors (Lipinski definition) is 2. The molecule has 2 aliphatic carbocycles. The van der Waals surface area contributed by atoms with E-state index in [1.807, 2.05) is 0 Å². The Kier molecular flexibility index (Phi) is 2.18. The maximum atomic E-state index is 10.6. The number of aliphatic hydroxyl groups is 1. The van der Waals surface area contributed by atoms with E-state index in [1.165, 1.54) is 25.7 Å². The predicted octanol–water partition coefficient (Wildman–Crippen LogP) is 1.76. The lowest BCUT2D eigenvalue weighted by Crippen LogP contribution is -2.31. The maximum Gasteiger partial charge on any atom is 0.151 e. The second-order valence-corrected chi connectivity index (χ2v) is 5.11. The third kappa shape index (κ3) is 1.78. The van der Waals surface area contributed by atoms with E-state index in [-0.39, 0.29) is 0 Å². The van der Waals surface area contributed by atoms with Gasteiger partial charge in [-0.05, 0) is 50.4 Å². The number of hydrogen-bond donors (Lipinski definition) is 1. The summed E-state index contributed by atoms with van der Waals surface area (Å²) >= 11 is 0. The zero-order valence-corrected chi connectivity index (χ0v) is 8.20. The maximum absolute atomic E-state index is 10.6. The van der Waals surface area contributed by atoms with Crippen LogP contribution in [0.15, 0.2) is 0 Å². The molecule has 0 spiro atoms. The SMILES string of the molecule is C[C@](O)(C=O)C[C@@H]1C[C@H]2CC[C@H]1C2. The van der Waals surface area contributed by atoms with Gasteiger partial charge in [-0.3, -0.25) is 0 Å². The number of aldehydes is 1. The zero-order chi connectivity index (χ0) is 9.47. The van der Waals surface area contributed by atoms with Crippen molar-refractivity contribution in [3.8, 4) is 0 Å². The Bertz CT molecular complexity index is 210. The molecular formula is C11H18O2. The van der Waals surface area contributed by atoms with E-state index in [0.717, 1.165) is 11.8 Å². The van der Waals surface area contributed by atoms with Crippen LogP contribution in [0.25, 0.3) is 0 Å². The average Bonchev–Trinajstić information content (AvgIpc) is 2.64. The fraction of sp³-hybridized carbons (Fsp3) is 0.909. The second kappa shape index (κ2) is 3.09. The van der Waals surface area contributed by atoms with Gasteiger partial charge in [-0.2, -0.15) is 0 Å². The van der Waals surface area contributed by atoms with Gasteiger partial charge in [0.2, 0.25) is 0 Å². The Morgan fingerprint density at radius 1 is 1.46 bits per heavy atom. The summed E-state index contributed by atoms with van der Waals surface area (Å²) in [5, 5.41) is 9.64. The lowest BCUT2D eigenvalue weighted by molar-refractivity contribution is -0.124. The van der Waals surface area contributed by atoms with Gasteiger partial charge in [0.05, 0.1) is 0 Å². The first-order valence-corrected chi connectivity index (χ1v) is 5.29. The molecule has 0 saturated heterocycles. The van der Waals surface area contributed by atoms with Gasteiger partial charge in [0, 0.05) is 0 Å². The van der Waals surface area contributed by atoms with Gasteiger partial charge in [0.25, 0.3) is 0 Å². The van der Waals surface area contributed by atoms with Crippen LogP contribution in [0.3, 0.4) is 0 Å². The van der Waals surface area contributed by atoms with Gasteiger partial charge in [-0.15, -0.1) is 0 Å². The Morgan fingerprint density at radius 3 is 2.69 bits per heavy atom. The van der Waals surface area contributed by atoms with Crippen molar-refractivity contribution >= 4 is 6.29 Å². The standard InChI is InChI=1S/C11H18O2/c1-11(13,7-12)6-10-5-8-2-3-9(10)4-8/h7-10,13H,2-6H2,1H3/t8-,9-,10-,11+/m0/s1. The molecule has 0 unspecified atom stereocenters. The Hall–Kier alpha value is -0.370. The molecule has 2 aliphatic rings. The van der Waals surface area contributed by atoms with Gasteiger partial charge in [-0.1, -0.05) is 6.42 Å². The van der Waals surface area contributed by atoms with Crippen molar-refractivity contribution in [2.24, 2.45) is 17.8 Å². The van der Waals surface area contributed by atoms with Crippen LogP contribution in [0.4, 0.5) is 0 Å². The molecular weight excluding hydrogens is 164 g/mol. The van der Waals surface area contributed by atoms with Gasteiger partial charge in [-0.25, -0.2) is 0 Å². The molecule has 13 heavy (non-hydrogen) atoms. The molecule has 0 amide bonds. The van der Waals surface area contributed by atoms with Crippen molar-refractivity contribution < 1.29 is 9.90 Å². The number of carbonyl (C=O) groups is 1. The van der Waals surface area contributed by atoms with E-state index in [0.29, 0.717) is 18.6 Å². The Labute approximate surface area is 79.3 Å². The van der Waals surface area contributed by atoms with Crippen LogP contribution in [-0.2, 0) is 4.79 Å². The summed E-state index contributed by atoms with van der Waals surface area (Å²) in [6.45, 7) is 1.63. The van der Waals surface area contributed by atoms with Crippen LogP contribution in [-0.4, -0.2) is 17.0 Å². The van der Waals surface area contributed by atoms with Gasteiger partial charge in [0.1, 0.15) is 5.60 Å². The fourth-order valence-electron chi connectivity index (χ4n) is 3.21. The molecule has 2 rings (SSSR count). The molecule has 2 fully saturated rings. The summed E-state index contributed by atoms with van der Waals surface area (Å²) in [5.41, 5.74) is -1.07. The third-order valence-electron chi connectivity index (χ3n) is 3.81. The number of carbonyl (C=O) groups excluding carboxylic acids is 1. The summed E-state index contributed by atoms with van der Waals surface area (Å²) in [7, 11) is 0. The molecule has 0 aromatic heterocycles. The highest BCUT2D eigenvalue weighted by Crippen LogP contribution is 2.50. The van der Waals surface area contributed by atoms with E-state index in [4.69, 9.17) is 0 Å². The monoisotopic (exact) mass is 182 g/mol. The summed E-state index contributed by atoms with van der Waals surface area (Å²) in [4.78, 5) is 10.6. The molecule has 74 valence electrons. The molecule has 0 radical (unpaired) electrons. The molecule has 1 N–H and O–H groups in total. The highest BCUT2D eigenvalue weighted by molar-refractivity contribution is 5.61. The first-order chi connectivity index (χ1) is 6.11. The van der Waals surface area contributed by atoms with Crippen LogP contribution in [0, 0.1) is 17.8 Å². The minimum atomic E-state index is -1.07. The Morgan fingerprint density at radius 2 is 2.23 bits per heavy atom. The van der Waals surface area contributed by atoms with Gasteiger partial charge >= 0.3 is 0 Å². The van der Waals surface area contributed by atoms with E-state index in [1.54, 1.807) is 6.92 Å². The topological polar surface area (TPSA) is 37.3 Å². The van der Waals surface area contributed by atoms with Gasteiger partial charge < -0.3 is 9.90 Å². The van der Waals surface area contributed by atoms with Crippen molar-refractivity contribution in [1.82, 2.24) is 0 Å². The summed E-state index contributed by atoms with van der Waals surface area (Å²) in [6, 6.07) is 0. The molecule has 4 atom stereocenters. The van der Waals surface area contributed by atoms with Gasteiger partial charge in [0.15, 0.2) is 6.29 Å². The first-order valence-electron chi connectivity index (χ1n) is 5.29. The fourth-order valence-corrected chi connectivity index (χ4v) is 3.21. The molecule has 2 bridgehead atoms. The van der Waals surface area contributed by atoms with Crippen molar-refractivity contribution in [2.75, 3.05) is 0 Å². The van der Waals surface area contributed by atoms with E-state index in [2.05, 4.69) is 0 Å². The van der Waals surface area contributed by atoms with Crippen LogP contribution >= 0.6 is 0 Å². The molecule has 2 saturated carbocycles. The predicted molar refractivity (Wildman–Crippen MR) is 50.2 cm³/mol. The summed E-state index contributed by atoms with van der Waals surface area (Å²) in [6.07, 6.45) is 6.67. The molecule has 2 heteroatoms. The van der Waals surface area contributed by atoms with Crippen LogP contribution in [0.2, 0.25) is 0 Å². The largest absolute Gasteiger partial charge is 0.383 e. The molecule has 0 aliphatic heterocycles. The minimum absolute atomic E-state index is 0.610. The Balaban J connectivity index is 1.93. The van der Waals surface area contributed by atoms with Crippen LogP contribution < -0.4 is 0 Å². The highest BCUT2D eigenvalue weighted by atomic mass is 16.3. The first kappa shape index (κ1) is 9.20. The quantitative estimate of drug-likeness (QED) is 0.675. The third-order valence-corrected chi connectivity index (χ3v) is 3.81.